The van der Waals surface area contributed by atoms with Gasteiger partial charge in [0.25, 0.3) is 0 Å². The molecule has 0 bridgehead atoms. The monoisotopic (exact) mass is 214 g/mol. The molecule has 0 amide bonds. The lowest BCUT2D eigenvalue weighted by Crippen LogP contribution is -2.31. The van der Waals surface area contributed by atoms with E-state index in [9.17, 15) is 0 Å². The number of aryl methyl sites for hydroxylation is 1. The number of hydrogen-bond donors (Lipinski definition) is 2. The average molecular weight is 214 g/mol. The first-order valence-corrected chi connectivity index (χ1v) is 5.75. The number of rotatable bonds is 5. The molecule has 1 rings (SSSR count). The van der Waals surface area contributed by atoms with Gasteiger partial charge in [0.2, 0.25) is 0 Å². The van der Waals surface area contributed by atoms with Crippen LogP contribution in [0.5, 0.6) is 0 Å². The van der Waals surface area contributed by atoms with Crippen LogP contribution in [0.25, 0.3) is 0 Å². The number of aromatic nitrogens is 2. The molecule has 0 aliphatic rings. The Morgan fingerprint density at radius 3 is 2.79 bits per heavy atom. The van der Waals surface area contributed by atoms with Crippen LogP contribution in [0, 0.1) is 0 Å². The van der Waals surface area contributed by atoms with E-state index in [0.717, 1.165) is 11.4 Å². The average Bonchev–Trinajstić information content (AvgIpc) is 2.53. The predicted octanol–water partition coefficient (Wildman–Crippen LogP) is 1.07. The van der Waals surface area contributed by atoms with Gasteiger partial charge in [-0.3, -0.25) is 16.0 Å². The number of nitrogens with one attached hydrogen (secondary N) is 1. The van der Waals surface area contributed by atoms with Gasteiger partial charge in [0.1, 0.15) is 0 Å². The van der Waals surface area contributed by atoms with Gasteiger partial charge < -0.3 is 0 Å². The Labute approximate surface area is 89.2 Å². The molecule has 80 valence electrons. The van der Waals surface area contributed by atoms with Gasteiger partial charge in [-0.25, -0.2) is 0 Å². The molecule has 0 aromatic carbocycles. The lowest BCUT2D eigenvalue weighted by Gasteiger charge is -2.16. The fourth-order valence-corrected chi connectivity index (χ4v) is 2.08. The maximum absolute atomic E-state index is 5.51. The molecular formula is C9H18N4S. The van der Waals surface area contributed by atoms with Crippen molar-refractivity contribution in [2.75, 3.05) is 5.75 Å². The van der Waals surface area contributed by atoms with Crippen molar-refractivity contribution in [2.45, 2.75) is 25.1 Å². The standard InChI is InChI=1S/C9H18N4S/c1-7(2)14-6-8(12-10)9-4-5-11-13(9)3/h4-5,7-8,12H,6,10H2,1-3H3. The zero-order valence-electron chi connectivity index (χ0n) is 8.90. The van der Waals surface area contributed by atoms with Crippen molar-refractivity contribution in [3.8, 4) is 0 Å². The van der Waals surface area contributed by atoms with E-state index >= 15 is 0 Å². The first-order valence-electron chi connectivity index (χ1n) is 4.70. The molecule has 14 heavy (non-hydrogen) atoms. The van der Waals surface area contributed by atoms with Crippen LogP contribution in [-0.4, -0.2) is 20.8 Å². The van der Waals surface area contributed by atoms with Crippen molar-refractivity contribution in [2.24, 2.45) is 12.9 Å². The molecule has 1 aromatic heterocycles. The van der Waals surface area contributed by atoms with Gasteiger partial charge >= 0.3 is 0 Å². The van der Waals surface area contributed by atoms with Gasteiger partial charge in [-0.1, -0.05) is 13.8 Å². The first kappa shape index (κ1) is 11.6. The molecule has 0 radical (unpaired) electrons. The highest BCUT2D eigenvalue weighted by molar-refractivity contribution is 7.99. The van der Waals surface area contributed by atoms with Crippen LogP contribution in [0.4, 0.5) is 0 Å². The summed E-state index contributed by atoms with van der Waals surface area (Å²) in [6, 6.07) is 2.17. The molecule has 0 fully saturated rings. The number of nitrogens with two attached hydrogens (primary N) is 1. The summed E-state index contributed by atoms with van der Waals surface area (Å²) in [5.41, 5.74) is 3.94. The summed E-state index contributed by atoms with van der Waals surface area (Å²) in [5.74, 6) is 6.48. The Bertz CT molecular complexity index is 272. The molecule has 3 N–H and O–H groups in total. The minimum atomic E-state index is 0.176. The molecule has 0 aliphatic heterocycles. The van der Waals surface area contributed by atoms with Crippen molar-refractivity contribution < 1.29 is 0 Å². The zero-order chi connectivity index (χ0) is 10.6. The van der Waals surface area contributed by atoms with Crippen LogP contribution in [0.2, 0.25) is 0 Å². The van der Waals surface area contributed by atoms with Gasteiger partial charge in [0.15, 0.2) is 0 Å². The van der Waals surface area contributed by atoms with Crippen LogP contribution >= 0.6 is 11.8 Å². The Balaban J connectivity index is 2.58. The van der Waals surface area contributed by atoms with Crippen molar-refractivity contribution in [3.05, 3.63) is 18.0 Å². The topological polar surface area (TPSA) is 55.9 Å². The smallest absolute Gasteiger partial charge is 0.0719 e. The van der Waals surface area contributed by atoms with E-state index in [4.69, 9.17) is 5.84 Å². The normalized spacial score (nSPS) is 13.5. The van der Waals surface area contributed by atoms with Gasteiger partial charge in [0, 0.05) is 19.0 Å². The molecule has 4 nitrogen and oxygen atoms in total. The van der Waals surface area contributed by atoms with Gasteiger partial charge in [0.05, 0.1) is 11.7 Å². The fourth-order valence-electron chi connectivity index (χ4n) is 1.23. The second kappa shape index (κ2) is 5.38. The maximum atomic E-state index is 5.51. The van der Waals surface area contributed by atoms with Crippen LogP contribution in [0.3, 0.4) is 0 Å². The first-order chi connectivity index (χ1) is 6.65. The van der Waals surface area contributed by atoms with E-state index in [1.54, 1.807) is 6.20 Å². The van der Waals surface area contributed by atoms with Crippen LogP contribution in [0.15, 0.2) is 12.3 Å². The SMILES string of the molecule is CC(C)SCC(NN)c1ccnn1C. The second-order valence-electron chi connectivity index (χ2n) is 3.48. The third kappa shape index (κ3) is 3.01. The number of hydrogen-bond acceptors (Lipinski definition) is 4. The quantitative estimate of drug-likeness (QED) is 0.568. The molecule has 1 atom stereocenters. The lowest BCUT2D eigenvalue weighted by molar-refractivity contribution is 0.554. The van der Waals surface area contributed by atoms with E-state index in [0.29, 0.717) is 5.25 Å². The largest absolute Gasteiger partial charge is 0.271 e. The third-order valence-corrected chi connectivity index (χ3v) is 3.21. The van der Waals surface area contributed by atoms with Crippen LogP contribution in [-0.2, 0) is 7.05 Å². The number of nitrogens with zero attached hydrogens (tertiary/aromatic N) is 2. The van der Waals surface area contributed by atoms with Gasteiger partial charge in [-0.2, -0.15) is 16.9 Å². The molecule has 0 saturated carbocycles. The summed E-state index contributed by atoms with van der Waals surface area (Å²) in [5, 5.41) is 4.75. The Morgan fingerprint density at radius 2 is 2.36 bits per heavy atom. The van der Waals surface area contributed by atoms with Crippen molar-refractivity contribution in [3.63, 3.8) is 0 Å². The van der Waals surface area contributed by atoms with Crippen LogP contribution < -0.4 is 11.3 Å². The highest BCUT2D eigenvalue weighted by atomic mass is 32.2. The minimum Gasteiger partial charge on any atom is -0.271 e. The van der Waals surface area contributed by atoms with Gasteiger partial charge in [-0.15, -0.1) is 0 Å². The molecule has 0 saturated heterocycles. The van der Waals surface area contributed by atoms with E-state index in [1.807, 2.05) is 29.6 Å². The third-order valence-electron chi connectivity index (χ3n) is 2.01. The lowest BCUT2D eigenvalue weighted by atomic mass is 10.2. The maximum Gasteiger partial charge on any atom is 0.0719 e. The molecule has 5 heteroatoms. The van der Waals surface area contributed by atoms with E-state index < -0.39 is 0 Å². The molecule has 0 spiro atoms. The fraction of sp³-hybridized carbons (Fsp3) is 0.667. The highest BCUT2D eigenvalue weighted by Gasteiger charge is 2.13. The second-order valence-corrected chi connectivity index (χ2v) is 5.09. The highest BCUT2D eigenvalue weighted by Crippen LogP contribution is 2.19. The predicted molar refractivity (Wildman–Crippen MR) is 60.9 cm³/mol. The number of hydrazine groups is 1. The van der Waals surface area contributed by atoms with Crippen LogP contribution in [0.1, 0.15) is 25.6 Å². The molecular weight excluding hydrogens is 196 g/mol. The molecule has 0 aliphatic carbocycles. The number of thioether (sulfide) groups is 1. The van der Waals surface area contributed by atoms with Crippen molar-refractivity contribution in [1.82, 2.24) is 15.2 Å². The molecule has 1 aromatic rings. The summed E-state index contributed by atoms with van der Waals surface area (Å²) in [6.45, 7) is 4.36. The summed E-state index contributed by atoms with van der Waals surface area (Å²) >= 11 is 1.89. The Kier molecular flexibility index (Phi) is 4.44. The zero-order valence-corrected chi connectivity index (χ0v) is 9.71. The van der Waals surface area contributed by atoms with Crippen molar-refractivity contribution >= 4 is 11.8 Å². The Hall–Kier alpha value is -0.520. The Morgan fingerprint density at radius 1 is 1.64 bits per heavy atom. The van der Waals surface area contributed by atoms with E-state index in [1.165, 1.54) is 0 Å². The summed E-state index contributed by atoms with van der Waals surface area (Å²) in [4.78, 5) is 0. The summed E-state index contributed by atoms with van der Waals surface area (Å²) < 4.78 is 1.85. The summed E-state index contributed by atoms with van der Waals surface area (Å²) in [7, 11) is 1.93. The van der Waals surface area contributed by atoms with E-state index in [-0.39, 0.29) is 6.04 Å². The van der Waals surface area contributed by atoms with Crippen molar-refractivity contribution in [1.29, 1.82) is 0 Å². The van der Waals surface area contributed by atoms with Gasteiger partial charge in [-0.05, 0) is 11.3 Å². The summed E-state index contributed by atoms with van der Waals surface area (Å²) in [6.07, 6.45) is 1.79. The van der Waals surface area contributed by atoms with E-state index in [2.05, 4.69) is 24.4 Å². The molecule has 1 unspecified atom stereocenters. The molecule has 1 heterocycles. The minimum absolute atomic E-state index is 0.176.